The molecule has 7 heteroatoms. The van der Waals surface area contributed by atoms with Crippen molar-refractivity contribution in [3.63, 3.8) is 0 Å². The van der Waals surface area contributed by atoms with Crippen LogP contribution in [0.15, 0.2) is 181 Å². The first-order valence-electron chi connectivity index (χ1n) is 17.3. The van der Waals surface area contributed by atoms with E-state index in [0.717, 1.165) is 66.3 Å². The number of hydrogen-bond acceptors (Lipinski definition) is 6. The number of hydrogen-bond donors (Lipinski definition) is 0. The van der Waals surface area contributed by atoms with Crippen molar-refractivity contribution in [3.8, 4) is 56.7 Å². The molecule has 0 amide bonds. The second kappa shape index (κ2) is 15.5. The van der Waals surface area contributed by atoms with Crippen LogP contribution < -0.4 is 0 Å². The van der Waals surface area contributed by atoms with E-state index < -0.39 is 0 Å². The Hall–Kier alpha value is -6.66. The number of para-hydroxylation sites is 1. The predicted octanol–water partition coefficient (Wildman–Crippen LogP) is 11.3. The molecule has 0 atom stereocenters. The Labute approximate surface area is 325 Å². The number of nitrogens with zero attached hydrogens (tertiary/aromatic N) is 5. The zero-order valence-corrected chi connectivity index (χ0v) is 31.1. The number of fused-ring (bicyclic) bond motifs is 3. The van der Waals surface area contributed by atoms with Crippen LogP contribution in [-0.2, 0) is 20.1 Å². The molecule has 10 aromatic rings. The van der Waals surface area contributed by atoms with Gasteiger partial charge >= 0.3 is 0 Å². The maximum absolute atomic E-state index is 5.38. The summed E-state index contributed by atoms with van der Waals surface area (Å²) in [6.45, 7) is 0. The monoisotopic (exact) mass is 872 g/mol. The summed E-state index contributed by atoms with van der Waals surface area (Å²) < 4.78 is 5.38. The minimum absolute atomic E-state index is 0. The molecule has 3 aromatic heterocycles. The number of pyridine rings is 1. The molecule has 0 saturated carbocycles. The fraction of sp³-hybridized carbons (Fsp3) is 0. The van der Waals surface area contributed by atoms with Gasteiger partial charge in [-0.05, 0) is 17.8 Å². The second-order valence-corrected chi connectivity index (χ2v) is 12.4. The van der Waals surface area contributed by atoms with Gasteiger partial charge in [-0.15, -0.1) is 63.5 Å². The molecule has 0 bridgehead atoms. The van der Waals surface area contributed by atoms with Gasteiger partial charge in [0, 0.05) is 54.1 Å². The maximum Gasteiger partial charge on any atom is 0.164 e. The van der Waals surface area contributed by atoms with E-state index in [1.54, 1.807) is 6.20 Å². The SMILES string of the molecule is [Ir].[c-]1ccc2ccccc2c1-c1cc(-c2nc(-c3ccccc3)nc(-c3ccccc3)n2)ccn1.[c-]1ccc2ccccc2c1-c1noc2ccccc12. The van der Waals surface area contributed by atoms with Crippen molar-refractivity contribution in [1.82, 2.24) is 25.1 Å². The van der Waals surface area contributed by atoms with Crippen molar-refractivity contribution in [3.05, 3.63) is 188 Å². The molecule has 7 aromatic carbocycles. The largest absolute Gasteiger partial charge is 0.366 e. The third-order valence-corrected chi connectivity index (χ3v) is 9.03. The van der Waals surface area contributed by atoms with Gasteiger partial charge in [0.15, 0.2) is 23.1 Å². The van der Waals surface area contributed by atoms with Crippen molar-refractivity contribution < 1.29 is 24.6 Å². The Morgan fingerprint density at radius 3 is 1.57 bits per heavy atom. The molecule has 259 valence electrons. The summed E-state index contributed by atoms with van der Waals surface area (Å²) in [5, 5.41) is 9.82. The molecule has 0 fully saturated rings. The van der Waals surface area contributed by atoms with Gasteiger partial charge in [-0.1, -0.05) is 144 Å². The summed E-state index contributed by atoms with van der Waals surface area (Å²) in [7, 11) is 0. The molecule has 3 heterocycles. The Kier molecular flexibility index (Phi) is 9.90. The first-order valence-corrected chi connectivity index (χ1v) is 17.3. The standard InChI is InChI=1S/C30H19N4.C17H10NO.Ir/c1-3-11-22(12-4-1)28-32-29(23-13-5-2-6-14-23)34-30(33-28)24-18-19-31-27(20-24)26-17-9-15-21-10-7-8-16-25(21)26;1-2-8-13-12(6-1)7-5-10-14(13)17-15-9-3-4-11-16(15)19-18-17;/h1-16,18-20H;1-9,11H;/q2*-1;. The second-order valence-electron chi connectivity index (χ2n) is 12.4. The minimum Gasteiger partial charge on any atom is -0.366 e. The van der Waals surface area contributed by atoms with Crippen LogP contribution in [0.1, 0.15) is 0 Å². The third kappa shape index (κ3) is 6.94. The van der Waals surface area contributed by atoms with Crippen LogP contribution in [0.5, 0.6) is 0 Å². The first kappa shape index (κ1) is 34.4. The molecule has 0 saturated heterocycles. The fourth-order valence-corrected chi connectivity index (χ4v) is 6.44. The van der Waals surface area contributed by atoms with Crippen LogP contribution in [0, 0.1) is 12.1 Å². The Bertz CT molecular complexity index is 2790. The number of rotatable bonds is 5. The van der Waals surface area contributed by atoms with Gasteiger partial charge < -0.3 is 9.51 Å². The van der Waals surface area contributed by atoms with Gasteiger partial charge in [-0.3, -0.25) is 0 Å². The zero-order valence-electron chi connectivity index (χ0n) is 28.7. The number of aromatic nitrogens is 5. The molecule has 6 nitrogen and oxygen atoms in total. The quantitative estimate of drug-likeness (QED) is 0.160. The van der Waals surface area contributed by atoms with E-state index in [4.69, 9.17) is 19.5 Å². The van der Waals surface area contributed by atoms with Crippen LogP contribution in [0.2, 0.25) is 0 Å². The van der Waals surface area contributed by atoms with E-state index >= 15 is 0 Å². The van der Waals surface area contributed by atoms with Crippen LogP contribution in [0.25, 0.3) is 89.2 Å². The average molecular weight is 872 g/mol. The topological polar surface area (TPSA) is 77.6 Å². The van der Waals surface area contributed by atoms with E-state index in [0.29, 0.717) is 17.5 Å². The summed E-state index contributed by atoms with van der Waals surface area (Å²) >= 11 is 0. The van der Waals surface area contributed by atoms with E-state index in [2.05, 4.69) is 58.7 Å². The summed E-state index contributed by atoms with van der Waals surface area (Å²) in [6, 6.07) is 63.0. The van der Waals surface area contributed by atoms with E-state index in [-0.39, 0.29) is 20.1 Å². The summed E-state index contributed by atoms with van der Waals surface area (Å²) in [5.41, 5.74) is 7.20. The van der Waals surface area contributed by atoms with Gasteiger partial charge in [-0.25, -0.2) is 15.0 Å². The van der Waals surface area contributed by atoms with Gasteiger partial charge in [0.2, 0.25) is 0 Å². The molecule has 10 rings (SSSR count). The van der Waals surface area contributed by atoms with Crippen LogP contribution >= 0.6 is 0 Å². The smallest absolute Gasteiger partial charge is 0.164 e. The molecule has 0 unspecified atom stereocenters. The van der Waals surface area contributed by atoms with Crippen LogP contribution in [0.3, 0.4) is 0 Å². The predicted molar refractivity (Wildman–Crippen MR) is 211 cm³/mol. The maximum atomic E-state index is 5.38. The van der Waals surface area contributed by atoms with Gasteiger partial charge in [0.05, 0.1) is 0 Å². The van der Waals surface area contributed by atoms with Crippen molar-refractivity contribution >= 4 is 32.5 Å². The summed E-state index contributed by atoms with van der Waals surface area (Å²) in [4.78, 5) is 19.1. The van der Waals surface area contributed by atoms with Crippen LogP contribution in [-0.4, -0.2) is 25.1 Å². The van der Waals surface area contributed by atoms with E-state index in [1.165, 1.54) is 5.39 Å². The average Bonchev–Trinajstić information content (AvgIpc) is 3.68. The van der Waals surface area contributed by atoms with Gasteiger partial charge in [0.1, 0.15) is 0 Å². The van der Waals surface area contributed by atoms with Crippen molar-refractivity contribution in [2.45, 2.75) is 0 Å². The Balaban J connectivity index is 0.000000175. The van der Waals surface area contributed by atoms with Crippen molar-refractivity contribution in [1.29, 1.82) is 0 Å². The summed E-state index contributed by atoms with van der Waals surface area (Å²) in [5.74, 6) is 1.88. The van der Waals surface area contributed by atoms with Crippen molar-refractivity contribution in [2.75, 3.05) is 0 Å². The molecular formula is C47H29IrN5O-2. The van der Waals surface area contributed by atoms with Gasteiger partial charge in [0.25, 0.3) is 0 Å². The molecule has 0 aliphatic rings. The Morgan fingerprint density at radius 2 is 0.944 bits per heavy atom. The minimum atomic E-state index is 0. The van der Waals surface area contributed by atoms with Crippen LogP contribution in [0.4, 0.5) is 0 Å². The molecule has 0 aliphatic carbocycles. The van der Waals surface area contributed by atoms with E-state index in [9.17, 15) is 0 Å². The zero-order chi connectivity index (χ0) is 35.4. The third-order valence-electron chi connectivity index (χ3n) is 9.03. The molecular weight excluding hydrogens is 843 g/mol. The molecule has 1 radical (unpaired) electrons. The first-order chi connectivity index (χ1) is 26.3. The molecule has 0 N–H and O–H groups in total. The van der Waals surface area contributed by atoms with Gasteiger partial charge in [-0.2, -0.15) is 0 Å². The van der Waals surface area contributed by atoms with E-state index in [1.807, 2.05) is 133 Å². The Morgan fingerprint density at radius 1 is 0.444 bits per heavy atom. The fourth-order valence-electron chi connectivity index (χ4n) is 6.44. The molecule has 0 spiro atoms. The normalized spacial score (nSPS) is 10.8. The molecule has 54 heavy (non-hydrogen) atoms. The molecule has 0 aliphatic heterocycles. The number of benzene rings is 7. The summed E-state index contributed by atoms with van der Waals surface area (Å²) in [6.07, 6.45) is 1.80. The van der Waals surface area contributed by atoms with Crippen molar-refractivity contribution in [2.24, 2.45) is 0 Å².